The number of alkyl halides is 3. The van der Waals surface area contributed by atoms with E-state index in [4.69, 9.17) is 28.3 Å². The fourth-order valence-corrected chi connectivity index (χ4v) is 3.23. The van der Waals surface area contributed by atoms with Crippen molar-refractivity contribution in [3.05, 3.63) is 29.8 Å². The maximum Gasteiger partial charge on any atom is 0.324 e. The molecule has 0 aliphatic carbocycles. The van der Waals surface area contributed by atoms with Gasteiger partial charge in [0.2, 0.25) is 0 Å². The van der Waals surface area contributed by atoms with E-state index in [1.165, 1.54) is 12.1 Å². The molecule has 2 N–H and O–H groups in total. The first-order valence-electron chi connectivity index (χ1n) is 4.25. The number of nitrogens with zero attached hydrogens (tertiary/aromatic N) is 1. The van der Waals surface area contributed by atoms with Crippen LogP contribution in [0.3, 0.4) is 0 Å². The molecule has 0 fully saturated rings. The Morgan fingerprint density at radius 2 is 1.82 bits per heavy atom. The molecular weight excluding hydrogens is 310 g/mol. The number of aryl methyl sites for hydroxylation is 1. The van der Waals surface area contributed by atoms with Crippen molar-refractivity contribution in [3.8, 4) is 0 Å². The summed E-state index contributed by atoms with van der Waals surface area (Å²) >= 11 is 10.3. The minimum Gasteiger partial charge on any atom is -0.210 e. The summed E-state index contributed by atoms with van der Waals surface area (Å²) < 4.78 is 33.4. The van der Waals surface area contributed by atoms with Crippen molar-refractivity contribution in [2.75, 3.05) is 3.71 Å². The molecule has 0 saturated heterocycles. The van der Waals surface area contributed by atoms with Gasteiger partial charge in [-0.05, 0) is 19.1 Å². The van der Waals surface area contributed by atoms with Gasteiger partial charge in [0, 0.05) is 11.9 Å². The number of rotatable bonds is 4. The highest BCUT2D eigenvalue weighted by Gasteiger charge is 2.33. The van der Waals surface area contributed by atoms with Crippen LogP contribution in [0.1, 0.15) is 5.56 Å². The van der Waals surface area contributed by atoms with Gasteiger partial charge in [-0.3, -0.25) is 0 Å². The highest BCUT2D eigenvalue weighted by molar-refractivity contribution is 8.15. The van der Waals surface area contributed by atoms with Crippen LogP contribution < -0.4 is 8.85 Å². The number of nitrogens with two attached hydrogens (primary N) is 1. The summed E-state index contributed by atoms with van der Waals surface area (Å²) in [6.45, 7) is 1.82. The Bertz CT molecular complexity index is 487. The molecule has 0 saturated carbocycles. The lowest BCUT2D eigenvalue weighted by Crippen LogP contribution is -2.33. The summed E-state index contributed by atoms with van der Waals surface area (Å²) in [4.78, 5) is 0. The molecule has 0 aliphatic heterocycles. The Kier molecular flexibility index (Phi) is 4.54. The van der Waals surface area contributed by atoms with Crippen LogP contribution in [0.5, 0.6) is 0 Å². The SMILES string of the molecule is Cc1ccc(N(SC(F)(Cl)Cl)S(N)(=O)=O)cc1. The van der Waals surface area contributed by atoms with Gasteiger partial charge >= 0.3 is 14.1 Å². The molecule has 0 amide bonds. The molecule has 0 heterocycles. The smallest absolute Gasteiger partial charge is 0.210 e. The molecule has 96 valence electrons. The second-order valence-electron chi connectivity index (χ2n) is 3.14. The Hall–Kier alpha value is -0.210. The lowest BCUT2D eigenvalue weighted by atomic mass is 10.2. The first kappa shape index (κ1) is 14.8. The van der Waals surface area contributed by atoms with Crippen LogP contribution in [0, 0.1) is 6.92 Å². The maximum atomic E-state index is 13.1. The van der Waals surface area contributed by atoms with Crippen molar-refractivity contribution in [1.29, 1.82) is 0 Å². The summed E-state index contributed by atoms with van der Waals surface area (Å²) in [5.41, 5.74) is 1.07. The summed E-state index contributed by atoms with van der Waals surface area (Å²) in [7, 11) is -4.18. The van der Waals surface area contributed by atoms with Crippen LogP contribution in [0.15, 0.2) is 24.3 Å². The van der Waals surface area contributed by atoms with Crippen molar-refractivity contribution >= 4 is 51.0 Å². The van der Waals surface area contributed by atoms with Gasteiger partial charge in [-0.15, -0.1) is 0 Å². The van der Waals surface area contributed by atoms with E-state index in [9.17, 15) is 12.8 Å². The molecule has 0 spiro atoms. The Morgan fingerprint density at radius 3 is 2.18 bits per heavy atom. The fraction of sp³-hybridized carbons (Fsp3) is 0.250. The molecule has 4 nitrogen and oxygen atoms in total. The summed E-state index contributed by atoms with van der Waals surface area (Å²) in [6, 6.07) is 6.23. The van der Waals surface area contributed by atoms with Crippen molar-refractivity contribution in [2.45, 2.75) is 10.8 Å². The van der Waals surface area contributed by atoms with Crippen LogP contribution >= 0.6 is 35.1 Å². The molecule has 0 atom stereocenters. The predicted molar refractivity (Wildman–Crippen MR) is 69.9 cm³/mol. The van der Waals surface area contributed by atoms with E-state index in [0.717, 1.165) is 5.56 Å². The molecule has 0 bridgehead atoms. The molecule has 17 heavy (non-hydrogen) atoms. The second-order valence-corrected chi connectivity index (χ2v) is 7.56. The molecule has 1 aromatic rings. The molecule has 1 rings (SSSR count). The summed E-state index contributed by atoms with van der Waals surface area (Å²) in [6.07, 6.45) is 0. The normalized spacial score (nSPS) is 12.5. The van der Waals surface area contributed by atoms with Crippen molar-refractivity contribution in [2.24, 2.45) is 5.14 Å². The zero-order valence-electron chi connectivity index (χ0n) is 8.60. The molecule has 0 aliphatic rings. The van der Waals surface area contributed by atoms with E-state index < -0.39 is 14.1 Å². The average Bonchev–Trinajstić information content (AvgIpc) is 2.13. The quantitative estimate of drug-likeness (QED) is 0.685. The molecular formula is C8H9Cl2FN2O2S2. The topological polar surface area (TPSA) is 63.4 Å². The van der Waals surface area contributed by atoms with E-state index in [-0.39, 0.29) is 17.6 Å². The van der Waals surface area contributed by atoms with Gasteiger partial charge in [-0.2, -0.15) is 16.5 Å². The number of hydrogen-bond donors (Lipinski definition) is 1. The van der Waals surface area contributed by atoms with Crippen molar-refractivity contribution in [1.82, 2.24) is 0 Å². The maximum absolute atomic E-state index is 13.1. The number of benzene rings is 1. The molecule has 9 heteroatoms. The third-order valence-electron chi connectivity index (χ3n) is 1.66. The van der Waals surface area contributed by atoms with Crippen molar-refractivity contribution < 1.29 is 12.8 Å². The van der Waals surface area contributed by atoms with E-state index in [1.54, 1.807) is 12.1 Å². The first-order chi connectivity index (χ1) is 7.59. The Morgan fingerprint density at radius 1 is 1.35 bits per heavy atom. The summed E-state index contributed by atoms with van der Waals surface area (Å²) in [5, 5.41) is 4.95. The number of hydrogen-bond acceptors (Lipinski definition) is 3. The van der Waals surface area contributed by atoms with Crippen LogP contribution in [-0.4, -0.2) is 12.3 Å². The van der Waals surface area contributed by atoms with Crippen molar-refractivity contribution in [3.63, 3.8) is 0 Å². The molecule has 1 aromatic carbocycles. The monoisotopic (exact) mass is 318 g/mol. The molecule has 0 unspecified atom stereocenters. The third-order valence-corrected chi connectivity index (χ3v) is 4.18. The predicted octanol–water partition coefficient (Wildman–Crippen LogP) is 2.71. The van der Waals surface area contributed by atoms with Gasteiger partial charge in [0.05, 0.1) is 5.69 Å². The zero-order chi connectivity index (χ0) is 13.3. The van der Waals surface area contributed by atoms with Gasteiger partial charge in [0.15, 0.2) is 0 Å². The minimum atomic E-state index is -4.18. The fourth-order valence-electron chi connectivity index (χ4n) is 1.01. The molecule has 0 radical (unpaired) electrons. The van der Waals surface area contributed by atoms with E-state index in [1.807, 2.05) is 6.92 Å². The van der Waals surface area contributed by atoms with Crippen LogP contribution in [0.4, 0.5) is 10.1 Å². The van der Waals surface area contributed by atoms with E-state index in [0.29, 0.717) is 3.71 Å². The van der Waals surface area contributed by atoms with Gasteiger partial charge in [-0.1, -0.05) is 40.9 Å². The number of halogens is 3. The Labute approximate surface area is 113 Å². The average molecular weight is 319 g/mol. The third kappa shape index (κ3) is 4.89. The summed E-state index contributed by atoms with van der Waals surface area (Å²) in [5.74, 6) is 0. The lowest BCUT2D eigenvalue weighted by Gasteiger charge is -2.22. The highest BCUT2D eigenvalue weighted by Crippen LogP contribution is 2.41. The van der Waals surface area contributed by atoms with Crippen LogP contribution in [-0.2, 0) is 10.2 Å². The highest BCUT2D eigenvalue weighted by atomic mass is 35.5. The van der Waals surface area contributed by atoms with Gasteiger partial charge in [-0.25, -0.2) is 5.14 Å². The van der Waals surface area contributed by atoms with Gasteiger partial charge in [0.1, 0.15) is 0 Å². The lowest BCUT2D eigenvalue weighted by molar-refractivity contribution is 0.515. The van der Waals surface area contributed by atoms with Crippen LogP contribution in [0.25, 0.3) is 0 Å². The first-order valence-corrected chi connectivity index (χ1v) is 7.28. The zero-order valence-corrected chi connectivity index (χ0v) is 11.7. The van der Waals surface area contributed by atoms with Crippen LogP contribution in [0.2, 0.25) is 0 Å². The van der Waals surface area contributed by atoms with E-state index >= 15 is 0 Å². The second kappa shape index (κ2) is 5.19. The molecule has 0 aromatic heterocycles. The van der Waals surface area contributed by atoms with Gasteiger partial charge in [0.25, 0.3) is 0 Å². The largest absolute Gasteiger partial charge is 0.324 e. The Balaban J connectivity index is 3.12. The number of anilines is 1. The van der Waals surface area contributed by atoms with Gasteiger partial charge < -0.3 is 0 Å². The standard InChI is InChI=1S/C8H9Cl2FN2O2S2/c1-6-2-4-7(5-3-6)13(17(12,14)15)16-8(9,10)11/h2-5H,1H3,(H2,12,14,15). The van der Waals surface area contributed by atoms with E-state index in [2.05, 4.69) is 0 Å². The minimum absolute atomic E-state index is 0.0523.